The maximum atomic E-state index is 10.8. The van der Waals surface area contributed by atoms with Crippen LogP contribution < -0.4 is 5.32 Å². The number of amides is 1. The highest BCUT2D eigenvalue weighted by atomic mass is 16.2. The molecule has 0 rings (SSSR count). The van der Waals surface area contributed by atoms with Gasteiger partial charge < -0.3 is 10.2 Å². The number of nitrogens with one attached hydrogen (secondary N) is 1. The van der Waals surface area contributed by atoms with Gasteiger partial charge in [-0.3, -0.25) is 4.79 Å². The molecular formula is C10H22N2O. The third kappa shape index (κ3) is 7.78. The highest BCUT2D eigenvalue weighted by Gasteiger charge is 1.99. The van der Waals surface area contributed by atoms with Gasteiger partial charge in [0.05, 0.1) is 0 Å². The lowest BCUT2D eigenvalue weighted by atomic mass is 10.2. The third-order valence-corrected chi connectivity index (χ3v) is 2.21. The van der Waals surface area contributed by atoms with E-state index in [1.54, 1.807) is 11.8 Å². The molecule has 0 aromatic rings. The van der Waals surface area contributed by atoms with Crippen molar-refractivity contribution in [3.05, 3.63) is 0 Å². The molecule has 0 aromatic heterocycles. The van der Waals surface area contributed by atoms with Crippen molar-refractivity contribution in [2.75, 3.05) is 27.2 Å². The summed E-state index contributed by atoms with van der Waals surface area (Å²) in [7, 11) is 3.83. The lowest BCUT2D eigenvalue weighted by molar-refractivity contribution is -0.127. The third-order valence-electron chi connectivity index (χ3n) is 2.21. The van der Waals surface area contributed by atoms with E-state index in [1.807, 2.05) is 14.1 Å². The van der Waals surface area contributed by atoms with Crippen LogP contribution in [-0.2, 0) is 4.79 Å². The fourth-order valence-corrected chi connectivity index (χ4v) is 1.16. The molecule has 13 heavy (non-hydrogen) atoms. The molecule has 0 saturated carbocycles. The van der Waals surface area contributed by atoms with Gasteiger partial charge >= 0.3 is 0 Å². The molecule has 0 unspecified atom stereocenters. The van der Waals surface area contributed by atoms with E-state index >= 15 is 0 Å². The number of carbonyl (C=O) groups excluding carboxylic acids is 1. The molecular weight excluding hydrogens is 164 g/mol. The topological polar surface area (TPSA) is 32.3 Å². The van der Waals surface area contributed by atoms with E-state index in [9.17, 15) is 4.79 Å². The van der Waals surface area contributed by atoms with Gasteiger partial charge in [0.2, 0.25) is 5.91 Å². The van der Waals surface area contributed by atoms with Crippen molar-refractivity contribution in [1.29, 1.82) is 0 Å². The lowest BCUT2D eigenvalue weighted by Crippen LogP contribution is -2.24. The number of hydrogen-bond acceptors (Lipinski definition) is 2. The Morgan fingerprint density at radius 1 is 1.23 bits per heavy atom. The molecule has 3 heteroatoms. The zero-order valence-corrected chi connectivity index (χ0v) is 9.10. The average Bonchev–Trinajstić information content (AvgIpc) is 2.10. The van der Waals surface area contributed by atoms with E-state index in [0.717, 1.165) is 19.5 Å². The van der Waals surface area contributed by atoms with Crippen molar-refractivity contribution in [2.24, 2.45) is 0 Å². The first kappa shape index (κ1) is 12.4. The molecule has 0 aliphatic rings. The van der Waals surface area contributed by atoms with E-state index in [1.165, 1.54) is 19.3 Å². The van der Waals surface area contributed by atoms with E-state index < -0.39 is 0 Å². The Labute approximate surface area is 81.5 Å². The Morgan fingerprint density at radius 3 is 2.38 bits per heavy atom. The fraction of sp³-hybridized carbons (Fsp3) is 0.900. The standard InChI is InChI=1S/C10H22N2O/c1-10(13)12(3)9-7-5-4-6-8-11-2/h11H,4-9H2,1-3H3. The molecule has 0 fully saturated rings. The predicted molar refractivity (Wildman–Crippen MR) is 55.7 cm³/mol. The van der Waals surface area contributed by atoms with Crippen molar-refractivity contribution in [3.8, 4) is 0 Å². The molecule has 3 nitrogen and oxygen atoms in total. The molecule has 1 N–H and O–H groups in total. The van der Waals surface area contributed by atoms with Gasteiger partial charge in [-0.1, -0.05) is 12.8 Å². The van der Waals surface area contributed by atoms with Crippen molar-refractivity contribution >= 4 is 5.91 Å². The second-order valence-corrected chi connectivity index (χ2v) is 3.46. The minimum Gasteiger partial charge on any atom is -0.346 e. The molecule has 0 bridgehead atoms. The molecule has 1 amide bonds. The Kier molecular flexibility index (Phi) is 7.69. The van der Waals surface area contributed by atoms with Gasteiger partial charge in [0.1, 0.15) is 0 Å². The van der Waals surface area contributed by atoms with E-state index in [0.29, 0.717) is 0 Å². The highest BCUT2D eigenvalue weighted by Crippen LogP contribution is 2.00. The summed E-state index contributed by atoms with van der Waals surface area (Å²) in [4.78, 5) is 12.6. The minimum atomic E-state index is 0.162. The molecule has 0 aromatic carbocycles. The summed E-state index contributed by atoms with van der Waals surface area (Å²) in [6.45, 7) is 3.61. The molecule has 0 radical (unpaired) electrons. The number of hydrogen-bond donors (Lipinski definition) is 1. The summed E-state index contributed by atoms with van der Waals surface area (Å²) in [5, 5.41) is 3.12. The first-order valence-electron chi connectivity index (χ1n) is 5.04. The van der Waals surface area contributed by atoms with Crippen molar-refractivity contribution in [1.82, 2.24) is 10.2 Å². The van der Waals surface area contributed by atoms with Gasteiger partial charge in [0, 0.05) is 20.5 Å². The molecule has 78 valence electrons. The summed E-state index contributed by atoms with van der Waals surface area (Å²) in [6.07, 6.45) is 4.84. The number of nitrogens with zero attached hydrogens (tertiary/aromatic N) is 1. The van der Waals surface area contributed by atoms with E-state index in [-0.39, 0.29) is 5.91 Å². The van der Waals surface area contributed by atoms with Gasteiger partial charge in [-0.2, -0.15) is 0 Å². The van der Waals surface area contributed by atoms with Crippen LogP contribution >= 0.6 is 0 Å². The smallest absolute Gasteiger partial charge is 0.219 e. The van der Waals surface area contributed by atoms with Crippen LogP contribution in [0.25, 0.3) is 0 Å². The van der Waals surface area contributed by atoms with E-state index in [4.69, 9.17) is 0 Å². The second kappa shape index (κ2) is 8.05. The van der Waals surface area contributed by atoms with Crippen LogP contribution in [0.3, 0.4) is 0 Å². The van der Waals surface area contributed by atoms with Crippen LogP contribution in [0.1, 0.15) is 32.6 Å². The molecule has 0 saturated heterocycles. The van der Waals surface area contributed by atoms with E-state index in [2.05, 4.69) is 5.32 Å². The number of unbranched alkanes of at least 4 members (excludes halogenated alkanes) is 3. The monoisotopic (exact) mass is 186 g/mol. The summed E-state index contributed by atoms with van der Waals surface area (Å²) in [5.74, 6) is 0.162. The van der Waals surface area contributed by atoms with Crippen LogP contribution in [0, 0.1) is 0 Å². The zero-order chi connectivity index (χ0) is 10.1. The molecule has 0 aliphatic heterocycles. The largest absolute Gasteiger partial charge is 0.346 e. The molecule has 0 atom stereocenters. The zero-order valence-electron chi connectivity index (χ0n) is 9.10. The first-order chi connectivity index (χ1) is 6.18. The Bertz CT molecular complexity index is 137. The van der Waals surface area contributed by atoms with Crippen LogP contribution in [0.5, 0.6) is 0 Å². The second-order valence-electron chi connectivity index (χ2n) is 3.46. The predicted octanol–water partition coefficient (Wildman–Crippen LogP) is 1.24. The van der Waals surface area contributed by atoms with Crippen LogP contribution in [0.2, 0.25) is 0 Å². The van der Waals surface area contributed by atoms with Crippen molar-refractivity contribution in [2.45, 2.75) is 32.6 Å². The molecule has 0 heterocycles. The van der Waals surface area contributed by atoms with Gasteiger partial charge in [0.25, 0.3) is 0 Å². The van der Waals surface area contributed by atoms with Crippen molar-refractivity contribution in [3.63, 3.8) is 0 Å². The number of carbonyl (C=O) groups is 1. The van der Waals surface area contributed by atoms with Gasteiger partial charge in [-0.05, 0) is 26.4 Å². The first-order valence-corrected chi connectivity index (χ1v) is 5.04. The summed E-state index contributed by atoms with van der Waals surface area (Å²) >= 11 is 0. The fourth-order valence-electron chi connectivity index (χ4n) is 1.16. The number of rotatable bonds is 7. The Hall–Kier alpha value is -0.570. The molecule has 0 aliphatic carbocycles. The lowest BCUT2D eigenvalue weighted by Gasteiger charge is -2.13. The quantitative estimate of drug-likeness (QED) is 0.607. The maximum absolute atomic E-state index is 10.8. The minimum absolute atomic E-state index is 0.162. The van der Waals surface area contributed by atoms with Crippen molar-refractivity contribution < 1.29 is 4.79 Å². The Morgan fingerprint density at radius 2 is 1.85 bits per heavy atom. The van der Waals surface area contributed by atoms with Gasteiger partial charge in [0.15, 0.2) is 0 Å². The summed E-state index contributed by atoms with van der Waals surface area (Å²) in [5.41, 5.74) is 0. The average molecular weight is 186 g/mol. The SMILES string of the molecule is CNCCCCCCN(C)C(C)=O. The van der Waals surface area contributed by atoms with Gasteiger partial charge in [-0.25, -0.2) is 0 Å². The van der Waals surface area contributed by atoms with Crippen LogP contribution in [0.4, 0.5) is 0 Å². The summed E-state index contributed by atoms with van der Waals surface area (Å²) < 4.78 is 0. The maximum Gasteiger partial charge on any atom is 0.219 e. The highest BCUT2D eigenvalue weighted by molar-refractivity contribution is 5.72. The normalized spacial score (nSPS) is 10.1. The molecule has 0 spiro atoms. The Balaban J connectivity index is 3.11. The van der Waals surface area contributed by atoms with Gasteiger partial charge in [-0.15, -0.1) is 0 Å². The van der Waals surface area contributed by atoms with Crippen LogP contribution in [0.15, 0.2) is 0 Å². The summed E-state index contributed by atoms with van der Waals surface area (Å²) in [6, 6.07) is 0. The van der Waals surface area contributed by atoms with Crippen LogP contribution in [-0.4, -0.2) is 38.0 Å².